The summed E-state index contributed by atoms with van der Waals surface area (Å²) >= 11 is 0. The van der Waals surface area contributed by atoms with Gasteiger partial charge in [-0.3, -0.25) is 10.7 Å². The first-order valence-electron chi connectivity index (χ1n) is 3.85. The highest BCUT2D eigenvalue weighted by atomic mass is 16.6. The van der Waals surface area contributed by atoms with Crippen LogP contribution in [-0.4, -0.2) is 5.27 Å². The van der Waals surface area contributed by atoms with Gasteiger partial charge in [-0.25, -0.2) is 4.68 Å². The molecule has 2 heterocycles. The summed E-state index contributed by atoms with van der Waals surface area (Å²) in [5.41, 5.74) is -0.0142. The van der Waals surface area contributed by atoms with Gasteiger partial charge in [-0.15, -0.1) is 0 Å². The minimum Gasteiger partial charge on any atom is -0.539 e. The Morgan fingerprint density at radius 2 is 2.36 bits per heavy atom. The van der Waals surface area contributed by atoms with Gasteiger partial charge in [0.05, 0.1) is 5.27 Å². The van der Waals surface area contributed by atoms with Gasteiger partial charge in [0.15, 0.2) is 0 Å². The second kappa shape index (κ2) is 3.32. The van der Waals surface area contributed by atoms with Crippen LogP contribution >= 0.6 is 0 Å². The number of hydrogen-bond acceptors (Lipinski definition) is 5. The molecule has 0 radical (unpaired) electrons. The fourth-order valence-corrected chi connectivity index (χ4v) is 0.956. The smallest absolute Gasteiger partial charge is 0.264 e. The Hall–Kier alpha value is -2.12. The minimum atomic E-state index is -0.490. The molecular formula is C6H7N5O3. The van der Waals surface area contributed by atoms with Crippen molar-refractivity contribution in [3.8, 4) is 5.95 Å². The third-order valence-corrected chi connectivity index (χ3v) is 1.56. The van der Waals surface area contributed by atoms with Crippen molar-refractivity contribution in [3.63, 3.8) is 0 Å². The van der Waals surface area contributed by atoms with E-state index in [1.54, 1.807) is 0 Å². The highest BCUT2D eigenvalue weighted by molar-refractivity contribution is 4.80. The molecule has 0 bridgehead atoms. The summed E-state index contributed by atoms with van der Waals surface area (Å²) in [6.07, 6.45) is 2.67. The van der Waals surface area contributed by atoms with Crippen molar-refractivity contribution in [2.75, 3.05) is 0 Å². The fourth-order valence-electron chi connectivity index (χ4n) is 0.956. The van der Waals surface area contributed by atoms with E-state index in [1.807, 2.05) is 0 Å². The van der Waals surface area contributed by atoms with E-state index in [2.05, 4.69) is 19.6 Å². The third kappa shape index (κ3) is 1.79. The predicted molar refractivity (Wildman–Crippen MR) is 34.2 cm³/mol. The van der Waals surface area contributed by atoms with E-state index >= 15 is 0 Å². The summed E-state index contributed by atoms with van der Waals surface area (Å²) in [6, 6.07) is 0. The number of rotatable bonds is 3. The number of hydrogen-bond donors (Lipinski definition) is 1. The predicted octanol–water partition coefficient (Wildman–Crippen LogP) is -2.95. The average Bonchev–Trinajstić information content (AvgIpc) is 2.72. The summed E-state index contributed by atoms with van der Waals surface area (Å²) in [7, 11) is 0. The largest absolute Gasteiger partial charge is 0.539 e. The quantitative estimate of drug-likeness (QED) is 0.529. The maximum absolute atomic E-state index is 10.6. The first kappa shape index (κ1) is 8.48. The third-order valence-electron chi connectivity index (χ3n) is 1.56. The van der Waals surface area contributed by atoms with Gasteiger partial charge in [-0.1, -0.05) is 4.68 Å². The van der Waals surface area contributed by atoms with Crippen LogP contribution in [0.15, 0.2) is 21.4 Å². The molecule has 2 aromatic heterocycles. The van der Waals surface area contributed by atoms with Crippen molar-refractivity contribution in [2.45, 2.75) is 13.1 Å². The summed E-state index contributed by atoms with van der Waals surface area (Å²) in [5.74, 6) is -0.490. The molecule has 0 atom stereocenters. The molecule has 0 aliphatic heterocycles. The molecule has 0 aliphatic rings. The van der Waals surface area contributed by atoms with Crippen LogP contribution in [0.2, 0.25) is 0 Å². The second-order valence-corrected chi connectivity index (χ2v) is 2.61. The number of aryl methyl sites for hydroxylation is 2. The lowest BCUT2D eigenvalue weighted by molar-refractivity contribution is -0.840. The summed E-state index contributed by atoms with van der Waals surface area (Å²) in [6.45, 7) is 0.890. The van der Waals surface area contributed by atoms with E-state index in [-0.39, 0.29) is 5.55 Å². The van der Waals surface area contributed by atoms with E-state index in [9.17, 15) is 5.11 Å². The van der Waals surface area contributed by atoms with Crippen LogP contribution in [0.4, 0.5) is 0 Å². The minimum absolute atomic E-state index is 0.0142. The lowest BCUT2D eigenvalue weighted by Gasteiger charge is -1.90. The molecule has 0 aliphatic carbocycles. The number of nitrogens with one attached hydrogen (secondary N) is 1. The van der Waals surface area contributed by atoms with Crippen LogP contribution < -0.4 is 25.3 Å². The Balaban J connectivity index is 1.98. The van der Waals surface area contributed by atoms with Crippen molar-refractivity contribution in [3.05, 3.63) is 17.9 Å². The van der Waals surface area contributed by atoms with Gasteiger partial charge in [0.1, 0.15) is 5.95 Å². The Labute approximate surface area is 77.4 Å². The van der Waals surface area contributed by atoms with Gasteiger partial charge >= 0.3 is 0 Å². The average molecular weight is 197 g/mol. The first-order chi connectivity index (χ1) is 6.74. The van der Waals surface area contributed by atoms with Crippen molar-refractivity contribution < 1.29 is 23.5 Å². The fraction of sp³-hybridized carbons (Fsp3) is 0.333. The van der Waals surface area contributed by atoms with Gasteiger partial charge in [-0.2, -0.15) is 0 Å². The van der Waals surface area contributed by atoms with Crippen molar-refractivity contribution in [1.82, 2.24) is 10.5 Å². The molecule has 0 unspecified atom stereocenters. The van der Waals surface area contributed by atoms with E-state index in [1.165, 1.54) is 21.8 Å². The number of nitrogens with zero attached hydrogens (tertiary/aromatic N) is 4. The molecule has 0 spiro atoms. The molecule has 1 N–H and O–H groups in total. The van der Waals surface area contributed by atoms with Crippen LogP contribution in [0.1, 0.15) is 0 Å². The summed E-state index contributed by atoms with van der Waals surface area (Å²) in [4.78, 5) is 0. The molecule has 74 valence electrons. The lowest BCUT2D eigenvalue weighted by atomic mass is 10.6. The van der Waals surface area contributed by atoms with E-state index in [0.29, 0.717) is 13.1 Å². The van der Waals surface area contributed by atoms with Crippen molar-refractivity contribution in [2.24, 2.45) is 0 Å². The van der Waals surface area contributed by atoms with Crippen LogP contribution in [-0.2, 0) is 13.1 Å². The SMILES string of the molecule is N=c1c[n+](CC[n+]2cc([O-])on2)[n-]o1. The van der Waals surface area contributed by atoms with Gasteiger partial charge < -0.3 is 14.2 Å². The molecule has 0 aromatic carbocycles. The zero-order chi connectivity index (χ0) is 9.97. The van der Waals surface area contributed by atoms with Gasteiger partial charge in [-0.05, 0) is 0 Å². The Kier molecular flexibility index (Phi) is 2.01. The summed E-state index contributed by atoms with van der Waals surface area (Å²) < 4.78 is 11.6. The van der Waals surface area contributed by atoms with Crippen molar-refractivity contribution >= 4 is 0 Å². The highest BCUT2D eigenvalue weighted by Gasteiger charge is 2.06. The maximum atomic E-state index is 10.6. The van der Waals surface area contributed by atoms with E-state index in [4.69, 9.17) is 5.41 Å². The van der Waals surface area contributed by atoms with Gasteiger partial charge in [0.25, 0.3) is 5.55 Å². The molecule has 8 heteroatoms. The normalized spacial score (nSPS) is 10.6. The molecule has 0 saturated heterocycles. The Bertz CT molecular complexity index is 470. The summed E-state index contributed by atoms with van der Waals surface area (Å²) in [5, 5.41) is 24.6. The van der Waals surface area contributed by atoms with Crippen LogP contribution in [0, 0.1) is 5.41 Å². The molecule has 2 aromatic rings. The van der Waals surface area contributed by atoms with Gasteiger partial charge in [0, 0.05) is 0 Å². The monoisotopic (exact) mass is 197 g/mol. The molecule has 0 amide bonds. The van der Waals surface area contributed by atoms with Crippen molar-refractivity contribution in [1.29, 1.82) is 5.41 Å². The Morgan fingerprint density at radius 3 is 2.93 bits per heavy atom. The molecule has 0 fully saturated rings. The molecule has 8 nitrogen and oxygen atoms in total. The van der Waals surface area contributed by atoms with E-state index in [0.717, 1.165) is 0 Å². The topological polar surface area (TPSA) is 108 Å². The zero-order valence-corrected chi connectivity index (χ0v) is 7.08. The Morgan fingerprint density at radius 1 is 1.50 bits per heavy atom. The molecule has 2 rings (SSSR count). The highest BCUT2D eigenvalue weighted by Crippen LogP contribution is 1.91. The van der Waals surface area contributed by atoms with Crippen LogP contribution in [0.25, 0.3) is 0 Å². The number of aromatic nitrogens is 4. The standard InChI is InChI=1S/C6H7N5O3/c7-5-3-10(8-13-5)1-2-11-4-6(12)14-9-11/h3-4,7H,1-2H2. The van der Waals surface area contributed by atoms with Gasteiger partial charge in [0.2, 0.25) is 25.5 Å². The molecular weight excluding hydrogens is 190 g/mol. The molecule has 0 saturated carbocycles. The second-order valence-electron chi connectivity index (χ2n) is 2.61. The van der Waals surface area contributed by atoms with Crippen LogP contribution in [0.3, 0.4) is 0 Å². The first-order valence-corrected chi connectivity index (χ1v) is 3.85. The molecule has 14 heavy (non-hydrogen) atoms. The zero-order valence-electron chi connectivity index (χ0n) is 7.08. The lowest BCUT2D eigenvalue weighted by Crippen LogP contribution is -2.47. The van der Waals surface area contributed by atoms with E-state index < -0.39 is 5.95 Å². The van der Waals surface area contributed by atoms with Crippen LogP contribution in [0.5, 0.6) is 5.95 Å². The maximum Gasteiger partial charge on any atom is 0.264 e.